The number of hydrogen-bond donors (Lipinski definition) is 2. The van der Waals surface area contributed by atoms with Gasteiger partial charge in [0, 0.05) is 12.6 Å². The molecule has 0 radical (unpaired) electrons. The molecule has 0 bridgehead atoms. The molecule has 1 unspecified atom stereocenters. The molecule has 1 rings (SSSR count). The Kier molecular flexibility index (Phi) is 4.68. The van der Waals surface area contributed by atoms with Crippen molar-refractivity contribution in [2.75, 3.05) is 12.4 Å². The quantitative estimate of drug-likeness (QED) is 0.817. The number of sulfone groups is 1. The molecule has 0 aliphatic heterocycles. The molecule has 0 spiro atoms. The van der Waals surface area contributed by atoms with Crippen LogP contribution in [0.25, 0.3) is 0 Å². The largest absolute Gasteiger partial charge is 0.396 e. The van der Waals surface area contributed by atoms with E-state index in [1.165, 1.54) is 0 Å². The third-order valence-electron chi connectivity index (χ3n) is 2.60. The zero-order valence-corrected chi connectivity index (χ0v) is 11.0. The third-order valence-corrected chi connectivity index (χ3v) is 4.59. The van der Waals surface area contributed by atoms with Crippen LogP contribution in [0.1, 0.15) is 17.5 Å². The van der Waals surface area contributed by atoms with E-state index < -0.39 is 15.9 Å². The zero-order valence-electron chi connectivity index (χ0n) is 10.2. The van der Waals surface area contributed by atoms with Gasteiger partial charge in [-0.3, -0.25) is 0 Å². The Morgan fingerprint density at radius 2 is 2.00 bits per heavy atom. The Bertz CT molecular complexity index is 483. The van der Waals surface area contributed by atoms with Gasteiger partial charge in [-0.15, -0.1) is 0 Å². The molecular weight excluding hydrogens is 238 g/mol. The molecule has 1 aromatic carbocycles. The molecule has 1 atom stereocenters. The van der Waals surface area contributed by atoms with Crippen LogP contribution in [0.4, 0.5) is 0 Å². The summed E-state index contributed by atoms with van der Waals surface area (Å²) in [4.78, 5) is 0.330. The van der Waals surface area contributed by atoms with Gasteiger partial charge in [0.2, 0.25) is 0 Å². The highest BCUT2D eigenvalue weighted by atomic mass is 32.2. The maximum Gasteiger partial charge on any atom is 0.180 e. The molecule has 0 saturated heterocycles. The Balaban J connectivity index is 2.97. The normalized spacial score (nSPS) is 13.6. The first-order valence-electron chi connectivity index (χ1n) is 5.53. The van der Waals surface area contributed by atoms with E-state index in [4.69, 9.17) is 10.8 Å². The second-order valence-electron chi connectivity index (χ2n) is 4.32. The summed E-state index contributed by atoms with van der Waals surface area (Å²) in [5.41, 5.74) is 7.41. The molecule has 0 saturated carbocycles. The van der Waals surface area contributed by atoms with Crippen molar-refractivity contribution in [3.8, 4) is 0 Å². The number of hydrogen-bond acceptors (Lipinski definition) is 4. The first-order valence-corrected chi connectivity index (χ1v) is 7.18. The summed E-state index contributed by atoms with van der Waals surface area (Å²) in [6.45, 7) is 3.60. The van der Waals surface area contributed by atoms with Crippen LogP contribution in [0.15, 0.2) is 23.1 Å². The van der Waals surface area contributed by atoms with Crippen LogP contribution in [0.3, 0.4) is 0 Å². The standard InChI is InChI=1S/C12H19NO3S/c1-9-3-4-12(10(2)7-9)17(15,16)8-11(13)5-6-14/h3-4,7,11,14H,5-6,8,13H2,1-2H3. The Labute approximate surface area is 102 Å². The minimum Gasteiger partial charge on any atom is -0.396 e. The van der Waals surface area contributed by atoms with Crippen molar-refractivity contribution in [1.29, 1.82) is 0 Å². The molecule has 0 heterocycles. The molecule has 3 N–H and O–H groups in total. The number of aryl methyl sites for hydroxylation is 2. The second-order valence-corrected chi connectivity index (χ2v) is 6.33. The Morgan fingerprint density at radius 3 is 2.53 bits per heavy atom. The van der Waals surface area contributed by atoms with Gasteiger partial charge in [-0.05, 0) is 31.9 Å². The molecule has 1 aromatic rings. The monoisotopic (exact) mass is 257 g/mol. The summed E-state index contributed by atoms with van der Waals surface area (Å²) in [5.74, 6) is -0.128. The van der Waals surface area contributed by atoms with Crippen LogP contribution in [0.5, 0.6) is 0 Å². The lowest BCUT2D eigenvalue weighted by Gasteiger charge is -2.12. The van der Waals surface area contributed by atoms with Crippen molar-refractivity contribution in [2.24, 2.45) is 5.73 Å². The third kappa shape index (κ3) is 3.80. The maximum atomic E-state index is 12.1. The molecule has 5 heteroatoms. The van der Waals surface area contributed by atoms with E-state index in [1.54, 1.807) is 19.1 Å². The van der Waals surface area contributed by atoms with Crippen molar-refractivity contribution in [2.45, 2.75) is 31.2 Å². The number of benzene rings is 1. The SMILES string of the molecule is Cc1ccc(S(=O)(=O)CC(N)CCO)c(C)c1. The van der Waals surface area contributed by atoms with Gasteiger partial charge in [-0.25, -0.2) is 8.42 Å². The van der Waals surface area contributed by atoms with E-state index >= 15 is 0 Å². The van der Waals surface area contributed by atoms with Crippen LogP contribution in [-0.4, -0.2) is 31.9 Å². The van der Waals surface area contributed by atoms with Crippen LogP contribution in [0.2, 0.25) is 0 Å². The van der Waals surface area contributed by atoms with Gasteiger partial charge in [0.25, 0.3) is 0 Å². The minimum absolute atomic E-state index is 0.0937. The minimum atomic E-state index is -3.37. The second kappa shape index (κ2) is 5.62. The van der Waals surface area contributed by atoms with Crippen molar-refractivity contribution >= 4 is 9.84 Å². The van der Waals surface area contributed by atoms with E-state index in [2.05, 4.69) is 0 Å². The highest BCUT2D eigenvalue weighted by Crippen LogP contribution is 2.18. The molecule has 0 aliphatic carbocycles. The van der Waals surface area contributed by atoms with Crippen molar-refractivity contribution < 1.29 is 13.5 Å². The smallest absolute Gasteiger partial charge is 0.180 e. The molecule has 4 nitrogen and oxygen atoms in total. The van der Waals surface area contributed by atoms with Crippen molar-refractivity contribution in [3.05, 3.63) is 29.3 Å². The molecule has 0 amide bonds. The molecule has 0 aliphatic rings. The average Bonchev–Trinajstić information content (AvgIpc) is 2.15. The summed E-state index contributed by atoms with van der Waals surface area (Å²) >= 11 is 0. The van der Waals surface area contributed by atoms with Gasteiger partial charge in [0.1, 0.15) is 0 Å². The molecule has 17 heavy (non-hydrogen) atoms. The number of rotatable bonds is 5. The van der Waals surface area contributed by atoms with Crippen LogP contribution < -0.4 is 5.73 Å². The Morgan fingerprint density at radius 1 is 1.35 bits per heavy atom. The Hall–Kier alpha value is -0.910. The maximum absolute atomic E-state index is 12.1. The van der Waals surface area contributed by atoms with Gasteiger partial charge in [0.15, 0.2) is 9.84 Å². The van der Waals surface area contributed by atoms with E-state index in [9.17, 15) is 8.42 Å². The lowest BCUT2D eigenvalue weighted by atomic mass is 10.2. The summed E-state index contributed by atoms with van der Waals surface area (Å²) in [6.07, 6.45) is 0.296. The molecule has 0 fully saturated rings. The molecule has 96 valence electrons. The van der Waals surface area contributed by atoms with Crippen LogP contribution in [-0.2, 0) is 9.84 Å². The van der Waals surface area contributed by atoms with Crippen LogP contribution in [0, 0.1) is 13.8 Å². The zero-order chi connectivity index (χ0) is 13.1. The predicted octanol–water partition coefficient (Wildman–Crippen LogP) is 0.787. The first-order chi connectivity index (χ1) is 7.86. The van der Waals surface area contributed by atoms with E-state index in [0.29, 0.717) is 11.3 Å². The van der Waals surface area contributed by atoms with E-state index in [0.717, 1.165) is 11.1 Å². The fraction of sp³-hybridized carbons (Fsp3) is 0.500. The first kappa shape index (κ1) is 14.2. The predicted molar refractivity (Wildman–Crippen MR) is 67.6 cm³/mol. The van der Waals surface area contributed by atoms with Gasteiger partial charge >= 0.3 is 0 Å². The summed E-state index contributed by atoms with van der Waals surface area (Å²) in [6, 6.07) is 4.71. The summed E-state index contributed by atoms with van der Waals surface area (Å²) in [5, 5.41) is 8.72. The number of nitrogens with two attached hydrogens (primary N) is 1. The van der Waals surface area contributed by atoms with Gasteiger partial charge < -0.3 is 10.8 Å². The van der Waals surface area contributed by atoms with E-state index in [-0.39, 0.29) is 12.4 Å². The fourth-order valence-corrected chi connectivity index (χ4v) is 3.50. The van der Waals surface area contributed by atoms with Gasteiger partial charge in [0.05, 0.1) is 10.6 Å². The number of aliphatic hydroxyl groups is 1. The van der Waals surface area contributed by atoms with Crippen molar-refractivity contribution in [3.63, 3.8) is 0 Å². The van der Waals surface area contributed by atoms with Crippen molar-refractivity contribution in [1.82, 2.24) is 0 Å². The lowest BCUT2D eigenvalue weighted by molar-refractivity contribution is 0.279. The lowest BCUT2D eigenvalue weighted by Crippen LogP contribution is -2.30. The highest BCUT2D eigenvalue weighted by molar-refractivity contribution is 7.91. The van der Waals surface area contributed by atoms with Gasteiger partial charge in [-0.2, -0.15) is 0 Å². The molecular formula is C12H19NO3S. The summed E-state index contributed by atoms with van der Waals surface area (Å²) in [7, 11) is -3.37. The number of aliphatic hydroxyl groups excluding tert-OH is 1. The van der Waals surface area contributed by atoms with E-state index in [1.807, 2.05) is 13.0 Å². The average molecular weight is 257 g/mol. The van der Waals surface area contributed by atoms with Crippen LogP contribution >= 0.6 is 0 Å². The van der Waals surface area contributed by atoms with Gasteiger partial charge in [-0.1, -0.05) is 17.7 Å². The fourth-order valence-electron chi connectivity index (χ4n) is 1.77. The topological polar surface area (TPSA) is 80.4 Å². The molecule has 0 aromatic heterocycles. The summed E-state index contributed by atoms with van der Waals surface area (Å²) < 4.78 is 24.2. The highest BCUT2D eigenvalue weighted by Gasteiger charge is 2.20.